The lowest BCUT2D eigenvalue weighted by atomic mass is 10.1. The fourth-order valence-corrected chi connectivity index (χ4v) is 4.07. The van der Waals surface area contributed by atoms with Crippen LogP contribution in [0.5, 0.6) is 0 Å². The highest BCUT2D eigenvalue weighted by Gasteiger charge is 2.21. The second-order valence-electron chi connectivity index (χ2n) is 6.39. The summed E-state index contributed by atoms with van der Waals surface area (Å²) >= 11 is 1.77. The number of hydrogen-bond donors (Lipinski definition) is 2. The van der Waals surface area contributed by atoms with E-state index in [2.05, 4.69) is 46.5 Å². The Bertz CT molecular complexity index is 752. The van der Waals surface area contributed by atoms with E-state index in [1.165, 1.54) is 4.88 Å². The Morgan fingerprint density at radius 3 is 2.81 bits per heavy atom. The van der Waals surface area contributed by atoms with Crippen molar-refractivity contribution in [3.05, 3.63) is 27.2 Å². The molecule has 0 fully saturated rings. The summed E-state index contributed by atoms with van der Waals surface area (Å²) in [5, 5.41) is 12.5. The summed E-state index contributed by atoms with van der Waals surface area (Å²) in [5.41, 5.74) is 1.14. The summed E-state index contributed by atoms with van der Waals surface area (Å²) in [5.74, 6) is 2.83. The zero-order chi connectivity index (χ0) is 17.8. The first-order chi connectivity index (χ1) is 12.0. The molecule has 0 saturated carbocycles. The van der Waals surface area contributed by atoms with Crippen LogP contribution in [0.3, 0.4) is 0 Å². The first-order valence-corrected chi connectivity index (χ1v) is 9.75. The highest BCUT2D eigenvalue weighted by Crippen LogP contribution is 2.17. The van der Waals surface area contributed by atoms with Crippen molar-refractivity contribution in [2.24, 2.45) is 4.99 Å². The fraction of sp³-hybridized carbons (Fsp3) is 0.647. The zero-order valence-electron chi connectivity index (χ0n) is 15.9. The molecule has 0 saturated heterocycles. The summed E-state index contributed by atoms with van der Waals surface area (Å²) in [6.45, 7) is 10.6. The molecule has 0 aromatic carbocycles. The molecule has 0 radical (unpaired) electrons. The molecule has 1 unspecified atom stereocenters. The van der Waals surface area contributed by atoms with Crippen molar-refractivity contribution in [1.82, 2.24) is 30.4 Å². The van der Waals surface area contributed by atoms with Gasteiger partial charge in [0.2, 0.25) is 0 Å². The van der Waals surface area contributed by atoms with Crippen LogP contribution in [0.25, 0.3) is 0 Å². The number of nitrogens with one attached hydrogen (secondary N) is 2. The largest absolute Gasteiger partial charge is 0.357 e. The highest BCUT2D eigenvalue weighted by molar-refractivity contribution is 14.0. The number of aliphatic imine (C=N–C) groups is 1. The topological polar surface area (TPSA) is 80.0 Å². The number of hydrogen-bond acceptors (Lipinski definition) is 5. The molecule has 1 aliphatic heterocycles. The van der Waals surface area contributed by atoms with Crippen molar-refractivity contribution in [3.63, 3.8) is 0 Å². The Balaban J connectivity index is 0.00000243. The summed E-state index contributed by atoms with van der Waals surface area (Å²) in [6.07, 6.45) is 2.94. The molecule has 0 spiro atoms. The van der Waals surface area contributed by atoms with Crippen molar-refractivity contribution in [1.29, 1.82) is 0 Å². The lowest BCUT2D eigenvalue weighted by Crippen LogP contribution is -2.47. The Morgan fingerprint density at radius 2 is 2.12 bits per heavy atom. The van der Waals surface area contributed by atoms with Crippen LogP contribution < -0.4 is 10.6 Å². The molecule has 2 aromatic heterocycles. The van der Waals surface area contributed by atoms with E-state index in [0.717, 1.165) is 67.2 Å². The maximum absolute atomic E-state index is 4.74. The van der Waals surface area contributed by atoms with Gasteiger partial charge in [0.15, 0.2) is 5.96 Å². The predicted octanol–water partition coefficient (Wildman–Crippen LogP) is 2.39. The van der Waals surface area contributed by atoms with Crippen LogP contribution in [0, 0.1) is 20.8 Å². The zero-order valence-corrected chi connectivity index (χ0v) is 19.0. The van der Waals surface area contributed by atoms with Gasteiger partial charge in [0.25, 0.3) is 0 Å². The normalized spacial score (nSPS) is 16.8. The van der Waals surface area contributed by atoms with Gasteiger partial charge in [-0.05, 0) is 34.1 Å². The molecule has 2 N–H and O–H groups in total. The van der Waals surface area contributed by atoms with Crippen LogP contribution in [0.2, 0.25) is 0 Å². The van der Waals surface area contributed by atoms with Gasteiger partial charge in [-0.1, -0.05) is 0 Å². The van der Waals surface area contributed by atoms with E-state index in [1.807, 2.05) is 11.6 Å². The van der Waals surface area contributed by atoms with Gasteiger partial charge >= 0.3 is 0 Å². The Kier molecular flexibility index (Phi) is 7.81. The van der Waals surface area contributed by atoms with E-state index in [0.29, 0.717) is 6.04 Å². The maximum Gasteiger partial charge on any atom is 0.191 e. The van der Waals surface area contributed by atoms with E-state index in [4.69, 9.17) is 4.99 Å². The second-order valence-corrected chi connectivity index (χ2v) is 7.68. The van der Waals surface area contributed by atoms with Gasteiger partial charge in [-0.25, -0.2) is 14.6 Å². The van der Waals surface area contributed by atoms with Gasteiger partial charge in [0, 0.05) is 36.9 Å². The molecular formula is C17H28IN7S. The molecule has 1 aliphatic rings. The third kappa shape index (κ3) is 5.38. The molecule has 1 atom stereocenters. The number of guanidine groups is 1. The van der Waals surface area contributed by atoms with E-state index < -0.39 is 0 Å². The Labute approximate surface area is 176 Å². The third-order valence-corrected chi connectivity index (χ3v) is 5.39. The van der Waals surface area contributed by atoms with E-state index in [9.17, 15) is 0 Å². The quantitative estimate of drug-likeness (QED) is 0.383. The summed E-state index contributed by atoms with van der Waals surface area (Å²) < 4.78 is 2.02. The molecule has 0 amide bonds. The second kappa shape index (κ2) is 9.63. The Hall–Kier alpha value is -1.23. The molecule has 3 heterocycles. The van der Waals surface area contributed by atoms with Crippen molar-refractivity contribution >= 4 is 41.3 Å². The molecular weight excluding hydrogens is 461 g/mol. The van der Waals surface area contributed by atoms with Gasteiger partial charge in [-0.3, -0.25) is 4.99 Å². The molecule has 3 rings (SSSR count). The SMILES string of the molecule is CCNC(=NCCc1sc(C)nc1C)NC1CCc2nc(C)nn2C1.I. The lowest BCUT2D eigenvalue weighted by molar-refractivity contribution is 0.392. The first kappa shape index (κ1) is 21.1. The third-order valence-electron chi connectivity index (χ3n) is 4.26. The average molecular weight is 489 g/mol. The van der Waals surface area contributed by atoms with Crippen LogP contribution in [-0.2, 0) is 19.4 Å². The minimum Gasteiger partial charge on any atom is -0.357 e. The molecule has 0 bridgehead atoms. The summed E-state index contributed by atoms with van der Waals surface area (Å²) in [6, 6.07) is 0.332. The van der Waals surface area contributed by atoms with Crippen molar-refractivity contribution in [2.75, 3.05) is 13.1 Å². The van der Waals surface area contributed by atoms with Crippen LogP contribution in [0.1, 0.15) is 40.6 Å². The van der Waals surface area contributed by atoms with Gasteiger partial charge in [0.1, 0.15) is 11.6 Å². The van der Waals surface area contributed by atoms with E-state index >= 15 is 0 Å². The van der Waals surface area contributed by atoms with Crippen molar-refractivity contribution < 1.29 is 0 Å². The number of aryl methyl sites for hydroxylation is 4. The average Bonchev–Trinajstić information content (AvgIpc) is 3.08. The maximum atomic E-state index is 4.74. The smallest absolute Gasteiger partial charge is 0.191 e. The van der Waals surface area contributed by atoms with Crippen LogP contribution in [-0.4, -0.2) is 44.8 Å². The van der Waals surface area contributed by atoms with Gasteiger partial charge in [0.05, 0.1) is 17.2 Å². The number of halogens is 1. The van der Waals surface area contributed by atoms with Crippen LogP contribution >= 0.6 is 35.3 Å². The van der Waals surface area contributed by atoms with Crippen LogP contribution in [0.4, 0.5) is 0 Å². The minimum atomic E-state index is 0. The van der Waals surface area contributed by atoms with Crippen LogP contribution in [0.15, 0.2) is 4.99 Å². The summed E-state index contributed by atoms with van der Waals surface area (Å²) in [4.78, 5) is 15.0. The number of rotatable bonds is 5. The standard InChI is InChI=1S/C17H27N7S.HI/c1-5-18-17(19-9-8-15-11(2)20-13(4)25-15)22-14-6-7-16-21-12(3)23-24(16)10-14;/h14H,5-10H2,1-4H3,(H2,18,19,22);1H. The van der Waals surface area contributed by atoms with Crippen molar-refractivity contribution in [3.8, 4) is 0 Å². The minimum absolute atomic E-state index is 0. The number of fused-ring (bicyclic) bond motifs is 1. The number of nitrogens with zero attached hydrogens (tertiary/aromatic N) is 5. The van der Waals surface area contributed by atoms with Gasteiger partial charge in [-0.15, -0.1) is 35.3 Å². The molecule has 26 heavy (non-hydrogen) atoms. The molecule has 0 aliphatic carbocycles. The number of aromatic nitrogens is 4. The predicted molar refractivity (Wildman–Crippen MR) is 117 cm³/mol. The Morgan fingerprint density at radius 1 is 1.31 bits per heavy atom. The summed E-state index contributed by atoms with van der Waals surface area (Å²) in [7, 11) is 0. The van der Waals surface area contributed by atoms with Gasteiger partial charge in [-0.2, -0.15) is 5.10 Å². The molecule has 9 heteroatoms. The van der Waals surface area contributed by atoms with Crippen molar-refractivity contribution in [2.45, 2.75) is 59.5 Å². The fourth-order valence-electron chi connectivity index (χ4n) is 3.14. The molecule has 7 nitrogen and oxygen atoms in total. The molecule has 2 aromatic rings. The van der Waals surface area contributed by atoms with Gasteiger partial charge < -0.3 is 10.6 Å². The lowest BCUT2D eigenvalue weighted by Gasteiger charge is -2.25. The highest BCUT2D eigenvalue weighted by atomic mass is 127. The molecule has 144 valence electrons. The van der Waals surface area contributed by atoms with E-state index in [1.54, 1.807) is 11.3 Å². The number of thiazole rings is 1. The first-order valence-electron chi connectivity index (χ1n) is 8.93. The monoisotopic (exact) mass is 489 g/mol. The van der Waals surface area contributed by atoms with E-state index in [-0.39, 0.29) is 24.0 Å².